The molecule has 0 unspecified atom stereocenters. The molecule has 0 saturated carbocycles. The Kier molecular flexibility index (Phi) is 4.09. The summed E-state index contributed by atoms with van der Waals surface area (Å²) in [4.78, 5) is 11.9. The van der Waals surface area contributed by atoms with E-state index < -0.39 is 0 Å². The molecule has 15 heavy (non-hydrogen) atoms. The van der Waals surface area contributed by atoms with Gasteiger partial charge in [-0.2, -0.15) is 0 Å². The van der Waals surface area contributed by atoms with Crippen molar-refractivity contribution in [1.29, 1.82) is 5.41 Å². The highest BCUT2D eigenvalue weighted by Gasteiger charge is 2.04. The average Bonchev–Trinajstić information content (AvgIpc) is 2.30. The van der Waals surface area contributed by atoms with Crippen molar-refractivity contribution in [1.82, 2.24) is 9.97 Å². The van der Waals surface area contributed by atoms with Crippen molar-refractivity contribution in [2.75, 3.05) is 0 Å². The molecule has 76 valence electrons. The van der Waals surface area contributed by atoms with Crippen LogP contribution in [0, 0.1) is 5.41 Å². The van der Waals surface area contributed by atoms with Gasteiger partial charge in [0, 0.05) is 36.0 Å². The van der Waals surface area contributed by atoms with Crippen LogP contribution in [0.4, 0.5) is 0 Å². The molecule has 0 aliphatic rings. The van der Waals surface area contributed by atoms with Crippen LogP contribution in [-0.2, 0) is 0 Å². The number of hydrogen-bond acceptors (Lipinski definition) is 4. The number of aliphatic imine (C=N–C) groups is 1. The predicted molar refractivity (Wildman–Crippen MR) is 62.3 cm³/mol. The largest absolute Gasteiger partial charge is 0.308 e. The highest BCUT2D eigenvalue weighted by atomic mass is 14.8. The van der Waals surface area contributed by atoms with E-state index in [1.54, 1.807) is 12.4 Å². The summed E-state index contributed by atoms with van der Waals surface area (Å²) < 4.78 is 0. The van der Waals surface area contributed by atoms with Crippen LogP contribution in [0.3, 0.4) is 0 Å². The number of nitrogens with zero attached hydrogens (tertiary/aromatic N) is 3. The van der Waals surface area contributed by atoms with E-state index in [-0.39, 0.29) is 0 Å². The summed E-state index contributed by atoms with van der Waals surface area (Å²) in [5, 5.41) is 7.23. The Bertz CT molecular complexity index is 418. The molecule has 4 nitrogen and oxygen atoms in total. The van der Waals surface area contributed by atoms with E-state index in [0.29, 0.717) is 11.3 Å². The molecule has 0 amide bonds. The summed E-state index contributed by atoms with van der Waals surface area (Å²) >= 11 is 0. The van der Waals surface area contributed by atoms with Gasteiger partial charge in [-0.1, -0.05) is 12.7 Å². The normalized spacial score (nSPS) is 11.7. The van der Waals surface area contributed by atoms with E-state index in [9.17, 15) is 0 Å². The third-order valence-electron chi connectivity index (χ3n) is 1.80. The fourth-order valence-electron chi connectivity index (χ4n) is 1.09. The first kappa shape index (κ1) is 11.0. The number of aromatic nitrogens is 2. The van der Waals surface area contributed by atoms with Crippen LogP contribution in [0.25, 0.3) is 5.57 Å². The van der Waals surface area contributed by atoms with Crippen molar-refractivity contribution in [2.45, 2.75) is 6.92 Å². The van der Waals surface area contributed by atoms with Crippen LogP contribution in [0.2, 0.25) is 0 Å². The topological polar surface area (TPSA) is 62.0 Å². The molecule has 4 heteroatoms. The molecule has 0 atom stereocenters. The molecule has 0 aliphatic carbocycles. The molecule has 0 aliphatic heterocycles. The molecule has 1 heterocycles. The van der Waals surface area contributed by atoms with E-state index in [4.69, 9.17) is 5.41 Å². The summed E-state index contributed by atoms with van der Waals surface area (Å²) in [6.45, 7) is 5.39. The summed E-state index contributed by atoms with van der Waals surface area (Å²) in [6, 6.07) is 0. The SMILES string of the molecule is C=CN=C/C(=C\C)c1ncncc1C=N. The number of allylic oxidation sites excluding steroid dienone is 2. The van der Waals surface area contributed by atoms with Gasteiger partial charge in [-0.15, -0.1) is 0 Å². The fourth-order valence-corrected chi connectivity index (χ4v) is 1.09. The highest BCUT2D eigenvalue weighted by Crippen LogP contribution is 2.12. The van der Waals surface area contributed by atoms with Crippen molar-refractivity contribution < 1.29 is 0 Å². The Morgan fingerprint density at radius 3 is 3.00 bits per heavy atom. The number of rotatable bonds is 4. The first-order valence-electron chi connectivity index (χ1n) is 4.44. The van der Waals surface area contributed by atoms with E-state index in [2.05, 4.69) is 21.5 Å². The molecule has 0 bridgehead atoms. The summed E-state index contributed by atoms with van der Waals surface area (Å²) in [5.74, 6) is 0. The van der Waals surface area contributed by atoms with Gasteiger partial charge in [0.25, 0.3) is 0 Å². The van der Waals surface area contributed by atoms with Gasteiger partial charge < -0.3 is 5.41 Å². The van der Waals surface area contributed by atoms with Crippen LogP contribution < -0.4 is 0 Å². The van der Waals surface area contributed by atoms with Gasteiger partial charge in [-0.05, 0) is 6.92 Å². The van der Waals surface area contributed by atoms with Crippen LogP contribution in [0.15, 0.2) is 36.4 Å². The Morgan fingerprint density at radius 1 is 1.60 bits per heavy atom. The third kappa shape index (κ3) is 2.67. The number of hydrogen-bond donors (Lipinski definition) is 1. The zero-order chi connectivity index (χ0) is 11.1. The van der Waals surface area contributed by atoms with Gasteiger partial charge in [-0.25, -0.2) is 9.97 Å². The minimum absolute atomic E-state index is 0.668. The quantitative estimate of drug-likeness (QED) is 0.756. The highest BCUT2D eigenvalue weighted by molar-refractivity contribution is 6.11. The summed E-state index contributed by atoms with van der Waals surface area (Å²) in [7, 11) is 0. The summed E-state index contributed by atoms with van der Waals surface area (Å²) in [6.07, 6.45) is 9.26. The Hall–Kier alpha value is -2.10. The van der Waals surface area contributed by atoms with Crippen molar-refractivity contribution in [2.24, 2.45) is 4.99 Å². The zero-order valence-electron chi connectivity index (χ0n) is 8.51. The van der Waals surface area contributed by atoms with Crippen LogP contribution in [0.5, 0.6) is 0 Å². The Labute approximate surface area is 88.6 Å². The van der Waals surface area contributed by atoms with E-state index in [0.717, 1.165) is 5.57 Å². The van der Waals surface area contributed by atoms with Crippen molar-refractivity contribution in [3.8, 4) is 0 Å². The molecule has 1 N–H and O–H groups in total. The molecule has 0 fully saturated rings. The van der Waals surface area contributed by atoms with Gasteiger partial charge in [0.15, 0.2) is 0 Å². The second-order valence-electron chi connectivity index (χ2n) is 2.68. The molecule has 0 spiro atoms. The molecule has 1 aromatic heterocycles. The molecular formula is C11H12N4. The number of nitrogens with one attached hydrogen (secondary N) is 1. The maximum Gasteiger partial charge on any atom is 0.116 e. The lowest BCUT2D eigenvalue weighted by molar-refractivity contribution is 1.14. The minimum Gasteiger partial charge on any atom is -0.308 e. The fraction of sp³-hybridized carbons (Fsp3) is 0.0909. The third-order valence-corrected chi connectivity index (χ3v) is 1.80. The lowest BCUT2D eigenvalue weighted by atomic mass is 10.1. The van der Waals surface area contributed by atoms with Crippen LogP contribution in [0.1, 0.15) is 18.2 Å². The van der Waals surface area contributed by atoms with Crippen LogP contribution in [-0.4, -0.2) is 22.4 Å². The maximum absolute atomic E-state index is 7.23. The van der Waals surface area contributed by atoms with Crippen molar-refractivity contribution in [3.05, 3.63) is 42.6 Å². The van der Waals surface area contributed by atoms with Crippen molar-refractivity contribution >= 4 is 18.0 Å². The second-order valence-corrected chi connectivity index (χ2v) is 2.68. The molecule has 0 radical (unpaired) electrons. The van der Waals surface area contributed by atoms with Gasteiger partial charge >= 0.3 is 0 Å². The lowest BCUT2D eigenvalue weighted by Crippen LogP contribution is -1.98. The first-order valence-corrected chi connectivity index (χ1v) is 4.44. The van der Waals surface area contributed by atoms with Crippen molar-refractivity contribution in [3.63, 3.8) is 0 Å². The monoisotopic (exact) mass is 200 g/mol. The zero-order valence-corrected chi connectivity index (χ0v) is 8.51. The van der Waals surface area contributed by atoms with E-state index >= 15 is 0 Å². The Morgan fingerprint density at radius 2 is 2.40 bits per heavy atom. The van der Waals surface area contributed by atoms with Gasteiger partial charge in [0.2, 0.25) is 0 Å². The first-order chi connectivity index (χ1) is 7.33. The average molecular weight is 200 g/mol. The minimum atomic E-state index is 0.668. The van der Waals surface area contributed by atoms with Crippen LogP contribution >= 0.6 is 0 Å². The smallest absolute Gasteiger partial charge is 0.116 e. The maximum atomic E-state index is 7.23. The van der Waals surface area contributed by atoms with Gasteiger partial charge in [-0.3, -0.25) is 4.99 Å². The molecule has 1 rings (SSSR count). The molecule has 0 aromatic carbocycles. The van der Waals surface area contributed by atoms with E-state index in [1.165, 1.54) is 18.7 Å². The lowest BCUT2D eigenvalue weighted by Gasteiger charge is -2.02. The molecule has 0 saturated heterocycles. The van der Waals surface area contributed by atoms with E-state index in [1.807, 2.05) is 13.0 Å². The Balaban J connectivity index is 3.18. The predicted octanol–water partition coefficient (Wildman–Crippen LogP) is 2.09. The van der Waals surface area contributed by atoms with Gasteiger partial charge in [0.05, 0.1) is 5.69 Å². The molecular weight excluding hydrogens is 188 g/mol. The van der Waals surface area contributed by atoms with Gasteiger partial charge in [0.1, 0.15) is 6.33 Å². The molecule has 1 aromatic rings. The standard InChI is InChI=1S/C11H12N4/c1-3-9(6-13-4-2)11-10(5-12)7-14-8-15-11/h3-8,12H,2H2,1H3/b9-3+,12-5?,13-6?. The second kappa shape index (κ2) is 5.59. The summed E-state index contributed by atoms with van der Waals surface area (Å²) in [5.41, 5.74) is 2.21.